The molecule has 0 fully saturated rings. The lowest BCUT2D eigenvalue weighted by molar-refractivity contribution is 1.19. The predicted molar refractivity (Wildman–Crippen MR) is 316 cm³/mol. The normalized spacial score (nSPS) is 11.4. The first-order chi connectivity index (χ1) is 37.7. The predicted octanol–water partition coefficient (Wildman–Crippen LogP) is 18.6. The van der Waals surface area contributed by atoms with E-state index in [1.165, 1.54) is 21.5 Å². The van der Waals surface area contributed by atoms with Gasteiger partial charge >= 0.3 is 0 Å². The number of aromatic nitrogens is 4. The van der Waals surface area contributed by atoms with Crippen molar-refractivity contribution in [3.05, 3.63) is 291 Å². The standard InChI is InChI=1S/C70H48N6/c1-3-19-53(20-4-1)69-67(71-65-29-11-13-43-73(65)69)57-25-15-27-61(47-57)75(63-41-35-49-17-7-9-23-55(49)45-63)59-37-31-51(32-38-59)52-33-39-60(40-34-52)76(64-42-36-50-18-8-10-24-56(50)46-64)62-28-16-26-58(48-62)68-70(54-21-5-2-6-22-54)74-44-14-12-30-66(74)72-68/h1-48H. The molecule has 14 aromatic rings. The van der Waals surface area contributed by atoms with Gasteiger partial charge in [-0.05, 0) is 130 Å². The van der Waals surface area contributed by atoms with Crippen molar-refractivity contribution in [2.75, 3.05) is 9.80 Å². The van der Waals surface area contributed by atoms with Gasteiger partial charge < -0.3 is 9.80 Å². The van der Waals surface area contributed by atoms with Gasteiger partial charge in [0.1, 0.15) is 11.3 Å². The average molecular weight is 973 g/mol. The molecule has 10 aromatic carbocycles. The summed E-state index contributed by atoms with van der Waals surface area (Å²) in [5.74, 6) is 0. The van der Waals surface area contributed by atoms with Gasteiger partial charge in [-0.25, -0.2) is 9.97 Å². The van der Waals surface area contributed by atoms with E-state index in [2.05, 4.69) is 298 Å². The van der Waals surface area contributed by atoms with Crippen molar-refractivity contribution in [3.63, 3.8) is 0 Å². The van der Waals surface area contributed by atoms with Gasteiger partial charge in [-0.3, -0.25) is 8.80 Å². The third-order valence-electron chi connectivity index (χ3n) is 14.5. The fourth-order valence-corrected chi connectivity index (χ4v) is 10.9. The summed E-state index contributed by atoms with van der Waals surface area (Å²) in [4.78, 5) is 15.2. The van der Waals surface area contributed by atoms with E-state index in [0.29, 0.717) is 0 Å². The molecule has 0 amide bonds. The molecule has 0 saturated carbocycles. The van der Waals surface area contributed by atoms with Gasteiger partial charge in [-0.15, -0.1) is 0 Å². The smallest absolute Gasteiger partial charge is 0.137 e. The molecular formula is C70H48N6. The van der Waals surface area contributed by atoms with Gasteiger partial charge in [0.25, 0.3) is 0 Å². The lowest BCUT2D eigenvalue weighted by Crippen LogP contribution is -2.10. The van der Waals surface area contributed by atoms with Crippen LogP contribution in [-0.4, -0.2) is 18.8 Å². The van der Waals surface area contributed by atoms with Crippen LogP contribution in [0.1, 0.15) is 0 Å². The molecule has 0 aliphatic carbocycles. The maximum Gasteiger partial charge on any atom is 0.137 e. The summed E-state index contributed by atoms with van der Waals surface area (Å²) < 4.78 is 4.38. The van der Waals surface area contributed by atoms with Crippen LogP contribution in [0.15, 0.2) is 291 Å². The molecule has 6 heteroatoms. The molecule has 14 rings (SSSR count). The minimum atomic E-state index is 0.907. The zero-order chi connectivity index (χ0) is 50.4. The highest BCUT2D eigenvalue weighted by Crippen LogP contribution is 2.43. The van der Waals surface area contributed by atoms with E-state index in [1.54, 1.807) is 0 Å². The Morgan fingerprint density at radius 3 is 1.03 bits per heavy atom. The molecule has 0 bridgehead atoms. The lowest BCUT2D eigenvalue weighted by atomic mass is 10.0. The third kappa shape index (κ3) is 8.11. The van der Waals surface area contributed by atoms with E-state index in [1.807, 2.05) is 12.1 Å². The number of fused-ring (bicyclic) bond motifs is 4. The van der Waals surface area contributed by atoms with Crippen molar-refractivity contribution in [1.82, 2.24) is 18.8 Å². The number of nitrogens with zero attached hydrogens (tertiary/aromatic N) is 6. The Kier molecular flexibility index (Phi) is 11.1. The minimum absolute atomic E-state index is 0.907. The van der Waals surface area contributed by atoms with Crippen molar-refractivity contribution >= 4 is 67.0 Å². The summed E-state index contributed by atoms with van der Waals surface area (Å²) in [5.41, 5.74) is 18.7. The Hall–Kier alpha value is -10.3. The van der Waals surface area contributed by atoms with Crippen LogP contribution in [0.25, 0.3) is 89.0 Å². The highest BCUT2D eigenvalue weighted by molar-refractivity contribution is 5.93. The van der Waals surface area contributed by atoms with Crippen LogP contribution >= 0.6 is 0 Å². The molecule has 0 unspecified atom stereocenters. The molecule has 0 aliphatic heterocycles. The first-order valence-corrected chi connectivity index (χ1v) is 25.7. The molecule has 76 heavy (non-hydrogen) atoms. The summed E-state index contributed by atoms with van der Waals surface area (Å²) in [6.45, 7) is 0. The zero-order valence-electron chi connectivity index (χ0n) is 41.4. The first kappa shape index (κ1) is 44.4. The third-order valence-corrected chi connectivity index (χ3v) is 14.5. The summed E-state index contributed by atoms with van der Waals surface area (Å²) in [7, 11) is 0. The number of benzene rings is 10. The number of rotatable bonds is 11. The van der Waals surface area contributed by atoms with Crippen LogP contribution < -0.4 is 9.80 Å². The van der Waals surface area contributed by atoms with Crippen LogP contribution in [0.4, 0.5) is 34.1 Å². The monoisotopic (exact) mass is 972 g/mol. The Bertz CT molecular complexity index is 4120. The van der Waals surface area contributed by atoms with E-state index >= 15 is 0 Å². The second-order valence-electron chi connectivity index (χ2n) is 19.1. The maximum absolute atomic E-state index is 5.23. The second-order valence-corrected chi connectivity index (χ2v) is 19.1. The SMILES string of the molecule is c1ccc(-c2c(-c3cccc(N(c4ccc(-c5ccc(N(c6cccc(-c7nc8ccccn8c7-c7ccccc7)c6)c6ccc7ccccc7c6)cc5)cc4)c4ccc5ccccc5c4)c3)nc3ccccn23)cc1. The largest absolute Gasteiger partial charge is 0.310 e. The van der Waals surface area contributed by atoms with Crippen molar-refractivity contribution in [2.45, 2.75) is 0 Å². The molecule has 0 aliphatic rings. The average Bonchev–Trinajstić information content (AvgIpc) is 4.14. The summed E-state index contributed by atoms with van der Waals surface area (Å²) in [6.07, 6.45) is 4.19. The fourth-order valence-electron chi connectivity index (χ4n) is 10.9. The Morgan fingerprint density at radius 1 is 0.237 bits per heavy atom. The fraction of sp³-hybridized carbons (Fsp3) is 0. The van der Waals surface area contributed by atoms with Crippen molar-refractivity contribution in [1.29, 1.82) is 0 Å². The van der Waals surface area contributed by atoms with Crippen LogP contribution in [0.2, 0.25) is 0 Å². The van der Waals surface area contributed by atoms with Gasteiger partial charge in [-0.1, -0.05) is 182 Å². The van der Waals surface area contributed by atoms with Crippen molar-refractivity contribution in [3.8, 4) is 56.2 Å². The molecule has 4 aromatic heterocycles. The Labute approximate surface area is 441 Å². The molecule has 6 nitrogen and oxygen atoms in total. The molecule has 0 atom stereocenters. The molecule has 0 radical (unpaired) electrons. The van der Waals surface area contributed by atoms with E-state index in [0.717, 1.165) is 102 Å². The van der Waals surface area contributed by atoms with E-state index in [9.17, 15) is 0 Å². The number of pyridine rings is 2. The quantitative estimate of drug-likeness (QED) is 0.129. The van der Waals surface area contributed by atoms with Crippen LogP contribution in [0.5, 0.6) is 0 Å². The van der Waals surface area contributed by atoms with Crippen LogP contribution in [-0.2, 0) is 0 Å². The van der Waals surface area contributed by atoms with Crippen LogP contribution in [0, 0.1) is 0 Å². The van der Waals surface area contributed by atoms with Crippen LogP contribution in [0.3, 0.4) is 0 Å². The van der Waals surface area contributed by atoms with Gasteiger partial charge in [0.15, 0.2) is 0 Å². The summed E-state index contributed by atoms with van der Waals surface area (Å²) >= 11 is 0. The van der Waals surface area contributed by atoms with Gasteiger partial charge in [0, 0.05) is 68.8 Å². The topological polar surface area (TPSA) is 41.1 Å². The number of hydrogen-bond acceptors (Lipinski definition) is 4. The zero-order valence-corrected chi connectivity index (χ0v) is 41.4. The summed E-state index contributed by atoms with van der Waals surface area (Å²) in [5, 5.41) is 4.76. The minimum Gasteiger partial charge on any atom is -0.310 e. The number of imidazole rings is 2. The van der Waals surface area contributed by atoms with E-state index in [4.69, 9.17) is 9.97 Å². The Morgan fingerprint density at radius 2 is 0.592 bits per heavy atom. The highest BCUT2D eigenvalue weighted by atomic mass is 15.1. The van der Waals surface area contributed by atoms with E-state index < -0.39 is 0 Å². The van der Waals surface area contributed by atoms with Crippen molar-refractivity contribution in [2.24, 2.45) is 0 Å². The van der Waals surface area contributed by atoms with E-state index in [-0.39, 0.29) is 0 Å². The number of anilines is 6. The second kappa shape index (κ2) is 19.0. The first-order valence-electron chi connectivity index (χ1n) is 25.7. The summed E-state index contributed by atoms with van der Waals surface area (Å²) in [6, 6.07) is 99.5. The molecule has 0 spiro atoms. The molecule has 0 N–H and O–H groups in total. The van der Waals surface area contributed by atoms with Gasteiger partial charge in [0.05, 0.1) is 22.8 Å². The molecular weight excluding hydrogens is 925 g/mol. The maximum atomic E-state index is 5.23. The number of hydrogen-bond donors (Lipinski definition) is 0. The molecule has 4 heterocycles. The molecule has 0 saturated heterocycles. The molecule has 358 valence electrons. The van der Waals surface area contributed by atoms with Gasteiger partial charge in [-0.2, -0.15) is 0 Å². The van der Waals surface area contributed by atoms with Gasteiger partial charge in [0.2, 0.25) is 0 Å². The van der Waals surface area contributed by atoms with Crippen molar-refractivity contribution < 1.29 is 0 Å². The Balaban J connectivity index is 0.838. The highest BCUT2D eigenvalue weighted by Gasteiger charge is 2.22. The lowest BCUT2D eigenvalue weighted by Gasteiger charge is -2.27.